The van der Waals surface area contributed by atoms with E-state index in [-0.39, 0.29) is 47.9 Å². The van der Waals surface area contributed by atoms with E-state index in [1.165, 1.54) is 0 Å². The van der Waals surface area contributed by atoms with Crippen LogP contribution in [0.25, 0.3) is 0 Å². The second-order valence-electron chi connectivity index (χ2n) is 3.61. The van der Waals surface area contributed by atoms with Crippen molar-refractivity contribution in [3.63, 3.8) is 0 Å². The zero-order chi connectivity index (χ0) is 9.30. The monoisotopic (exact) mass is 195 g/mol. The zero-order valence-electron chi connectivity index (χ0n) is 8.28. The van der Waals surface area contributed by atoms with Crippen LogP contribution in [0.15, 0.2) is 0 Å². The molecule has 1 aliphatic rings. The molecule has 0 spiro atoms. The molecular weight excluding hydrogens is 181 g/mol. The molecule has 0 aromatic rings. The number of carboxylic acid groups (broad SMARTS) is 1. The Hall–Kier alpha value is 0.390. The Bertz CT molecular complexity index is 186. The Morgan fingerprint density at radius 1 is 1.62 bits per heavy atom. The van der Waals surface area contributed by atoms with E-state index in [1.807, 2.05) is 13.8 Å². The van der Waals surface area contributed by atoms with Gasteiger partial charge in [-0.1, -0.05) is 13.8 Å². The molecule has 5 heteroatoms. The summed E-state index contributed by atoms with van der Waals surface area (Å²) in [6, 6.07) is -0.805. The first-order chi connectivity index (χ1) is 5.52. The van der Waals surface area contributed by atoms with Crippen LogP contribution in [0.5, 0.6) is 0 Å². The van der Waals surface area contributed by atoms with Gasteiger partial charge in [0, 0.05) is 12.1 Å². The van der Waals surface area contributed by atoms with Crippen molar-refractivity contribution in [3.8, 4) is 0 Å². The molecule has 0 amide bonds. The SMILES string of the molecule is CC(C)[C@H]1NC(C(=O)[O-])CC1O.[Na+]. The fourth-order valence-electron chi connectivity index (χ4n) is 1.60. The smallest absolute Gasteiger partial charge is 0.548 e. The Morgan fingerprint density at radius 2 is 2.15 bits per heavy atom. The van der Waals surface area contributed by atoms with Gasteiger partial charge < -0.3 is 20.3 Å². The summed E-state index contributed by atoms with van der Waals surface area (Å²) in [5.74, 6) is -0.887. The van der Waals surface area contributed by atoms with Crippen LogP contribution in [0.4, 0.5) is 0 Å². The van der Waals surface area contributed by atoms with Gasteiger partial charge in [-0.25, -0.2) is 0 Å². The number of carbonyl (C=O) groups excluding carboxylic acids is 1. The minimum atomic E-state index is -1.13. The number of carbonyl (C=O) groups is 1. The normalized spacial score (nSPS) is 33.1. The number of nitrogens with one attached hydrogen (secondary N) is 1. The minimum Gasteiger partial charge on any atom is -0.548 e. The second-order valence-corrected chi connectivity index (χ2v) is 3.61. The van der Waals surface area contributed by atoms with Crippen molar-refractivity contribution in [2.45, 2.75) is 38.5 Å². The fraction of sp³-hybridized carbons (Fsp3) is 0.875. The first kappa shape index (κ1) is 13.4. The molecule has 0 aliphatic carbocycles. The van der Waals surface area contributed by atoms with Crippen LogP contribution in [0.2, 0.25) is 0 Å². The third-order valence-electron chi connectivity index (χ3n) is 2.29. The first-order valence-corrected chi connectivity index (χ1v) is 4.17. The largest absolute Gasteiger partial charge is 1.00 e. The van der Waals surface area contributed by atoms with Crippen LogP contribution in [0.3, 0.4) is 0 Å². The molecule has 0 saturated carbocycles. The van der Waals surface area contributed by atoms with E-state index in [2.05, 4.69) is 5.32 Å². The summed E-state index contributed by atoms with van der Waals surface area (Å²) in [5.41, 5.74) is 0. The van der Waals surface area contributed by atoms with Gasteiger partial charge in [0.25, 0.3) is 0 Å². The Labute approximate surface area is 100 Å². The molecule has 0 radical (unpaired) electrons. The van der Waals surface area contributed by atoms with Crippen LogP contribution < -0.4 is 40.0 Å². The molecule has 1 fully saturated rings. The standard InChI is InChI=1S/C8H15NO3.Na/c1-4(2)7-6(10)3-5(9-7)8(11)12;/h4-7,9-10H,3H2,1-2H3,(H,11,12);/q;+1/p-1/t5?,6?,7-;/m1./s1. The summed E-state index contributed by atoms with van der Waals surface area (Å²) >= 11 is 0. The molecule has 0 aromatic carbocycles. The van der Waals surface area contributed by atoms with Crippen LogP contribution in [-0.2, 0) is 4.79 Å². The van der Waals surface area contributed by atoms with Crippen LogP contribution in [0, 0.1) is 5.92 Å². The number of aliphatic hydroxyl groups excluding tert-OH is 1. The van der Waals surface area contributed by atoms with Crippen molar-refractivity contribution >= 4 is 5.97 Å². The van der Waals surface area contributed by atoms with Crippen LogP contribution >= 0.6 is 0 Å². The first-order valence-electron chi connectivity index (χ1n) is 4.17. The van der Waals surface area contributed by atoms with Crippen molar-refractivity contribution in [2.24, 2.45) is 5.92 Å². The third-order valence-corrected chi connectivity index (χ3v) is 2.29. The molecule has 2 N–H and O–H groups in total. The molecule has 1 saturated heterocycles. The van der Waals surface area contributed by atoms with E-state index in [0.29, 0.717) is 0 Å². The van der Waals surface area contributed by atoms with E-state index in [4.69, 9.17) is 0 Å². The molecule has 1 heterocycles. The van der Waals surface area contributed by atoms with Gasteiger partial charge in [-0.05, 0) is 12.3 Å². The number of aliphatic hydroxyl groups is 1. The molecule has 1 rings (SSSR count). The fourth-order valence-corrected chi connectivity index (χ4v) is 1.60. The molecule has 13 heavy (non-hydrogen) atoms. The number of hydrogen-bond acceptors (Lipinski definition) is 4. The van der Waals surface area contributed by atoms with Gasteiger partial charge in [-0.3, -0.25) is 0 Å². The maximum Gasteiger partial charge on any atom is 1.00 e. The van der Waals surface area contributed by atoms with Crippen molar-refractivity contribution in [1.29, 1.82) is 0 Å². The van der Waals surface area contributed by atoms with E-state index >= 15 is 0 Å². The predicted octanol–water partition coefficient (Wildman–Crippen LogP) is -4.51. The van der Waals surface area contributed by atoms with Crippen LogP contribution in [-0.4, -0.2) is 29.3 Å². The summed E-state index contributed by atoms with van der Waals surface area (Å²) in [6.45, 7) is 3.89. The summed E-state index contributed by atoms with van der Waals surface area (Å²) in [7, 11) is 0. The Morgan fingerprint density at radius 3 is 2.38 bits per heavy atom. The van der Waals surface area contributed by atoms with Gasteiger partial charge >= 0.3 is 29.6 Å². The van der Waals surface area contributed by atoms with Gasteiger partial charge in [0.2, 0.25) is 0 Å². The topological polar surface area (TPSA) is 72.4 Å². The van der Waals surface area contributed by atoms with Crippen molar-refractivity contribution in [3.05, 3.63) is 0 Å². The van der Waals surface area contributed by atoms with Gasteiger partial charge in [-0.15, -0.1) is 0 Å². The zero-order valence-corrected chi connectivity index (χ0v) is 10.3. The van der Waals surface area contributed by atoms with Crippen molar-refractivity contribution in [1.82, 2.24) is 5.32 Å². The number of hydrogen-bond donors (Lipinski definition) is 2. The van der Waals surface area contributed by atoms with Gasteiger partial charge in [0.05, 0.1) is 12.1 Å². The maximum absolute atomic E-state index is 10.4. The van der Waals surface area contributed by atoms with Crippen molar-refractivity contribution in [2.75, 3.05) is 0 Å². The minimum absolute atomic E-state index is 0. The van der Waals surface area contributed by atoms with E-state index in [9.17, 15) is 15.0 Å². The molecule has 3 atom stereocenters. The number of aliphatic carboxylic acids is 1. The summed E-state index contributed by atoms with van der Waals surface area (Å²) in [4.78, 5) is 10.4. The van der Waals surface area contributed by atoms with Crippen LogP contribution in [0.1, 0.15) is 20.3 Å². The van der Waals surface area contributed by atoms with Gasteiger partial charge in [0.1, 0.15) is 0 Å². The van der Waals surface area contributed by atoms with E-state index in [0.717, 1.165) is 0 Å². The molecule has 2 unspecified atom stereocenters. The number of rotatable bonds is 2. The molecule has 4 nitrogen and oxygen atoms in total. The summed E-state index contributed by atoms with van der Waals surface area (Å²) < 4.78 is 0. The Kier molecular flexibility index (Phi) is 5.47. The van der Waals surface area contributed by atoms with E-state index < -0.39 is 18.1 Å². The molecule has 70 valence electrons. The maximum atomic E-state index is 10.4. The average Bonchev–Trinajstić information content (AvgIpc) is 2.30. The molecule has 1 aliphatic heterocycles. The average molecular weight is 195 g/mol. The Balaban J connectivity index is 0.00000144. The molecular formula is C8H14NNaO3. The van der Waals surface area contributed by atoms with Crippen molar-refractivity contribution < 1.29 is 44.6 Å². The summed E-state index contributed by atoms with van der Waals surface area (Å²) in [6.07, 6.45) is -0.307. The third kappa shape index (κ3) is 3.22. The van der Waals surface area contributed by atoms with Gasteiger partial charge in [-0.2, -0.15) is 0 Å². The quantitative estimate of drug-likeness (QED) is 0.436. The second kappa shape index (κ2) is 5.32. The number of carboxylic acids is 1. The van der Waals surface area contributed by atoms with E-state index in [1.54, 1.807) is 0 Å². The predicted molar refractivity (Wildman–Crippen MR) is 41.2 cm³/mol. The summed E-state index contributed by atoms with van der Waals surface area (Å²) in [5, 5.41) is 22.7. The molecule has 0 bridgehead atoms. The molecule has 0 aromatic heterocycles. The van der Waals surface area contributed by atoms with Gasteiger partial charge in [0.15, 0.2) is 0 Å².